The molecule has 0 amide bonds. The second-order valence-corrected chi connectivity index (χ2v) is 11.5. The molecule has 206 valence electrons. The summed E-state index contributed by atoms with van der Waals surface area (Å²) in [7, 11) is 0. The van der Waals surface area contributed by atoms with E-state index in [9.17, 15) is 0 Å². The number of thiophene rings is 1. The van der Waals surface area contributed by atoms with Gasteiger partial charge in [0.2, 0.25) is 0 Å². The van der Waals surface area contributed by atoms with Crippen LogP contribution in [-0.2, 0) is 0 Å². The molecule has 0 aliphatic heterocycles. The van der Waals surface area contributed by atoms with Gasteiger partial charge in [0, 0.05) is 42.1 Å². The molecule has 0 fully saturated rings. The second-order valence-electron chi connectivity index (χ2n) is 10.4. The van der Waals surface area contributed by atoms with Gasteiger partial charge in [-0.3, -0.25) is 0 Å². The van der Waals surface area contributed by atoms with Crippen LogP contribution in [0, 0.1) is 0 Å². The highest BCUT2D eigenvalue weighted by atomic mass is 32.1. The van der Waals surface area contributed by atoms with Gasteiger partial charge in [-0.05, 0) is 35.4 Å². The van der Waals surface area contributed by atoms with E-state index in [0.29, 0.717) is 28.1 Å². The van der Waals surface area contributed by atoms with Gasteiger partial charge < -0.3 is 4.42 Å². The zero-order valence-corrected chi connectivity index (χ0v) is 23.9. The topological polar surface area (TPSA) is 51.8 Å². The number of furan rings is 1. The third kappa shape index (κ3) is 4.02. The molecule has 4 nitrogen and oxygen atoms in total. The molecule has 0 unspecified atom stereocenters. The molecule has 9 rings (SSSR count). The fourth-order valence-electron chi connectivity index (χ4n) is 5.80. The summed E-state index contributed by atoms with van der Waals surface area (Å²) < 4.78 is 50.8. The maximum atomic E-state index is 8.61. The zero-order valence-electron chi connectivity index (χ0n) is 28.1. The Morgan fingerprint density at radius 2 is 1.23 bits per heavy atom. The summed E-state index contributed by atoms with van der Waals surface area (Å²) >= 11 is 1.79. The van der Waals surface area contributed by atoms with Crippen LogP contribution in [0.3, 0.4) is 0 Å². The molecule has 9 aromatic rings. The molecular weight excluding hydrogens is 559 g/mol. The Hall–Kier alpha value is -5.65. The summed E-state index contributed by atoms with van der Waals surface area (Å²) in [4.78, 5) is 14.2. The molecule has 0 saturated heterocycles. The van der Waals surface area contributed by atoms with Gasteiger partial charge in [-0.15, -0.1) is 11.3 Å². The standard InChI is InChI=1S/C39H23N3OS/c1-3-11-24(12-4-1)37-40-38(25-13-5-2-6-14-25)42-39(41-37)31-19-10-17-29-32-23-26(21-22-33(32)43-35(29)31)27-16-9-18-30-28-15-7-8-20-34(28)44-36(27)30/h1-23H/i1D,3D,4D,11D,12D. The molecule has 3 heterocycles. The minimum atomic E-state index is -0.480. The molecule has 0 radical (unpaired) electrons. The van der Waals surface area contributed by atoms with Crippen molar-refractivity contribution in [1.82, 2.24) is 15.0 Å². The van der Waals surface area contributed by atoms with Crippen LogP contribution in [0.2, 0.25) is 0 Å². The molecule has 0 N–H and O–H groups in total. The van der Waals surface area contributed by atoms with E-state index in [1.54, 1.807) is 11.3 Å². The van der Waals surface area contributed by atoms with Crippen LogP contribution in [0.25, 0.3) is 87.4 Å². The number of para-hydroxylation sites is 1. The fraction of sp³-hybridized carbons (Fsp3) is 0. The van der Waals surface area contributed by atoms with E-state index in [1.807, 2.05) is 54.6 Å². The number of nitrogens with zero attached hydrogens (tertiary/aromatic N) is 3. The SMILES string of the molecule is [2H]c1c([2H])c([2H])c(-c2nc(-c3ccccc3)nc(-c3cccc4c3oc3ccc(-c5cccc6c5sc5ccccc56)cc34)n2)c([2H])c1[2H]. The molecule has 3 aromatic heterocycles. The molecule has 0 aliphatic rings. The van der Waals surface area contributed by atoms with Gasteiger partial charge >= 0.3 is 0 Å². The van der Waals surface area contributed by atoms with E-state index >= 15 is 0 Å². The molecule has 0 saturated carbocycles. The van der Waals surface area contributed by atoms with Crippen LogP contribution >= 0.6 is 11.3 Å². The number of fused-ring (bicyclic) bond motifs is 6. The van der Waals surface area contributed by atoms with Crippen molar-refractivity contribution in [3.8, 4) is 45.3 Å². The first-order chi connectivity index (χ1) is 23.9. The van der Waals surface area contributed by atoms with Crippen molar-refractivity contribution in [1.29, 1.82) is 0 Å². The molecule has 5 heteroatoms. The number of aromatic nitrogens is 3. The first-order valence-electron chi connectivity index (χ1n) is 16.6. The van der Waals surface area contributed by atoms with Crippen LogP contribution in [0.1, 0.15) is 6.85 Å². The Morgan fingerprint density at radius 1 is 0.523 bits per heavy atom. The average molecular weight is 587 g/mol. The van der Waals surface area contributed by atoms with Crippen molar-refractivity contribution in [3.63, 3.8) is 0 Å². The van der Waals surface area contributed by atoms with Crippen molar-refractivity contribution in [2.75, 3.05) is 0 Å². The van der Waals surface area contributed by atoms with Crippen LogP contribution < -0.4 is 0 Å². The summed E-state index contributed by atoms with van der Waals surface area (Å²) in [5, 5.41) is 4.30. The van der Waals surface area contributed by atoms with Gasteiger partial charge in [-0.25, -0.2) is 15.0 Å². The first-order valence-corrected chi connectivity index (χ1v) is 14.9. The van der Waals surface area contributed by atoms with Crippen LogP contribution in [0.5, 0.6) is 0 Å². The van der Waals surface area contributed by atoms with Gasteiger partial charge in [-0.1, -0.05) is 115 Å². The average Bonchev–Trinajstić information content (AvgIpc) is 3.72. The first kappa shape index (κ1) is 20.3. The highest BCUT2D eigenvalue weighted by molar-refractivity contribution is 7.26. The summed E-state index contributed by atoms with van der Waals surface area (Å²) in [6.07, 6.45) is 0. The fourth-order valence-corrected chi connectivity index (χ4v) is 7.04. The predicted octanol–water partition coefficient (Wildman–Crippen LogP) is 10.8. The minimum Gasteiger partial charge on any atom is -0.455 e. The van der Waals surface area contributed by atoms with Crippen LogP contribution in [0.4, 0.5) is 0 Å². The van der Waals surface area contributed by atoms with Crippen LogP contribution in [0.15, 0.2) is 144 Å². The summed E-state index contributed by atoms with van der Waals surface area (Å²) in [6, 6.07) is 34.1. The molecule has 0 bridgehead atoms. The highest BCUT2D eigenvalue weighted by Gasteiger charge is 2.18. The van der Waals surface area contributed by atoms with Gasteiger partial charge in [0.15, 0.2) is 17.5 Å². The predicted molar refractivity (Wildman–Crippen MR) is 182 cm³/mol. The van der Waals surface area contributed by atoms with E-state index in [0.717, 1.165) is 21.9 Å². The van der Waals surface area contributed by atoms with Crippen molar-refractivity contribution < 1.29 is 11.3 Å². The summed E-state index contributed by atoms with van der Waals surface area (Å²) in [6.45, 7) is 0. The van der Waals surface area contributed by atoms with E-state index in [1.165, 1.54) is 20.2 Å². The van der Waals surface area contributed by atoms with Gasteiger partial charge in [0.05, 0.1) is 12.4 Å². The van der Waals surface area contributed by atoms with Crippen molar-refractivity contribution in [3.05, 3.63) is 139 Å². The van der Waals surface area contributed by atoms with E-state index in [4.69, 9.17) is 21.2 Å². The summed E-state index contributed by atoms with van der Waals surface area (Å²) in [5.74, 6) is 0.544. The van der Waals surface area contributed by atoms with E-state index in [2.05, 4.69) is 59.6 Å². The largest absolute Gasteiger partial charge is 0.455 e. The zero-order chi connectivity index (χ0) is 33.4. The third-order valence-corrected chi connectivity index (χ3v) is 9.06. The molecule has 44 heavy (non-hydrogen) atoms. The number of hydrogen-bond donors (Lipinski definition) is 0. The van der Waals surface area contributed by atoms with Crippen molar-refractivity contribution >= 4 is 53.4 Å². The normalized spacial score (nSPS) is 13.2. The smallest absolute Gasteiger partial charge is 0.167 e. The number of hydrogen-bond acceptors (Lipinski definition) is 5. The molecule has 0 aliphatic carbocycles. The van der Waals surface area contributed by atoms with Gasteiger partial charge in [0.1, 0.15) is 11.2 Å². The molecule has 6 aromatic carbocycles. The Bertz CT molecular complexity index is 2770. The Morgan fingerprint density at radius 3 is 2.09 bits per heavy atom. The Kier molecular flexibility index (Phi) is 4.60. The van der Waals surface area contributed by atoms with Gasteiger partial charge in [0.25, 0.3) is 0 Å². The monoisotopic (exact) mass is 586 g/mol. The van der Waals surface area contributed by atoms with Crippen molar-refractivity contribution in [2.24, 2.45) is 0 Å². The lowest BCUT2D eigenvalue weighted by Gasteiger charge is -2.08. The third-order valence-electron chi connectivity index (χ3n) is 7.84. The maximum absolute atomic E-state index is 8.61. The van der Waals surface area contributed by atoms with Crippen molar-refractivity contribution in [2.45, 2.75) is 0 Å². The number of rotatable bonds is 4. The lowest BCUT2D eigenvalue weighted by atomic mass is 10.00. The molecular formula is C39H23N3OS. The van der Waals surface area contributed by atoms with Gasteiger partial charge in [-0.2, -0.15) is 0 Å². The Balaban J connectivity index is 1.25. The second kappa shape index (κ2) is 9.97. The highest BCUT2D eigenvalue weighted by Crippen LogP contribution is 2.42. The molecule has 0 spiro atoms. The van der Waals surface area contributed by atoms with E-state index < -0.39 is 18.1 Å². The van der Waals surface area contributed by atoms with Crippen LogP contribution in [-0.4, -0.2) is 15.0 Å². The van der Waals surface area contributed by atoms with E-state index in [-0.39, 0.29) is 29.3 Å². The summed E-state index contributed by atoms with van der Waals surface area (Å²) in [5.41, 5.74) is 4.70. The number of benzene rings is 6. The quantitative estimate of drug-likeness (QED) is 0.206. The lowest BCUT2D eigenvalue weighted by molar-refractivity contribution is 0.669. The molecule has 0 atom stereocenters. The minimum absolute atomic E-state index is 0.0207. The maximum Gasteiger partial charge on any atom is 0.167 e. The lowest BCUT2D eigenvalue weighted by Crippen LogP contribution is -2.00. The Labute approximate surface area is 264 Å².